The quantitative estimate of drug-likeness (QED) is 0.733. The maximum absolute atomic E-state index is 11.5. The SMILES string of the molecule is CCCCC(CCCC)c1ccccc1C(N)=O. The predicted octanol–water partition coefficient (Wildman–Crippen LogP) is 4.25. The summed E-state index contributed by atoms with van der Waals surface area (Å²) in [6.45, 7) is 4.41. The molecule has 0 bridgehead atoms. The number of carbonyl (C=O) groups is 1. The molecule has 2 heteroatoms. The number of nitrogens with two attached hydrogens (primary N) is 1. The zero-order valence-corrected chi connectivity index (χ0v) is 11.6. The Morgan fingerprint density at radius 2 is 1.67 bits per heavy atom. The van der Waals surface area contributed by atoms with E-state index in [4.69, 9.17) is 5.73 Å². The first kappa shape index (κ1) is 14.7. The van der Waals surface area contributed by atoms with Crippen molar-refractivity contribution in [3.8, 4) is 0 Å². The number of hydrogen-bond donors (Lipinski definition) is 1. The van der Waals surface area contributed by atoms with Gasteiger partial charge in [-0.1, -0.05) is 57.7 Å². The number of primary amides is 1. The van der Waals surface area contributed by atoms with Gasteiger partial charge in [-0.05, 0) is 30.4 Å². The average molecular weight is 247 g/mol. The van der Waals surface area contributed by atoms with E-state index in [2.05, 4.69) is 19.9 Å². The second kappa shape index (κ2) is 7.91. The third kappa shape index (κ3) is 4.17. The standard InChI is InChI=1S/C16H25NO/c1-3-5-9-13(10-6-4-2)14-11-7-8-12-15(14)16(17)18/h7-8,11-13H,3-6,9-10H2,1-2H3,(H2,17,18). The van der Waals surface area contributed by atoms with Gasteiger partial charge in [0, 0.05) is 5.56 Å². The van der Waals surface area contributed by atoms with Crippen molar-refractivity contribution in [2.75, 3.05) is 0 Å². The normalized spacial score (nSPS) is 10.8. The zero-order chi connectivity index (χ0) is 13.4. The van der Waals surface area contributed by atoms with Crippen LogP contribution in [0.3, 0.4) is 0 Å². The van der Waals surface area contributed by atoms with Crippen LogP contribution in [0.2, 0.25) is 0 Å². The molecule has 0 spiro atoms. The molecule has 0 aliphatic heterocycles. The summed E-state index contributed by atoms with van der Waals surface area (Å²) >= 11 is 0. The maximum Gasteiger partial charge on any atom is 0.248 e. The van der Waals surface area contributed by atoms with Crippen LogP contribution in [0.4, 0.5) is 0 Å². The fourth-order valence-corrected chi connectivity index (χ4v) is 2.43. The van der Waals surface area contributed by atoms with Gasteiger partial charge < -0.3 is 5.73 Å². The molecule has 0 aromatic heterocycles. The van der Waals surface area contributed by atoms with Crippen molar-refractivity contribution in [2.24, 2.45) is 5.73 Å². The number of hydrogen-bond acceptors (Lipinski definition) is 1. The number of unbranched alkanes of at least 4 members (excludes halogenated alkanes) is 2. The summed E-state index contributed by atoms with van der Waals surface area (Å²) in [5.74, 6) is 0.178. The Kier molecular flexibility index (Phi) is 6.48. The van der Waals surface area contributed by atoms with Crippen LogP contribution >= 0.6 is 0 Å². The van der Waals surface area contributed by atoms with Crippen LogP contribution in [0.1, 0.15) is 74.2 Å². The van der Waals surface area contributed by atoms with Crippen molar-refractivity contribution in [1.29, 1.82) is 0 Å². The number of amides is 1. The highest BCUT2D eigenvalue weighted by Gasteiger charge is 2.16. The van der Waals surface area contributed by atoms with Gasteiger partial charge in [0.15, 0.2) is 0 Å². The molecule has 100 valence electrons. The average Bonchev–Trinajstić information content (AvgIpc) is 2.39. The van der Waals surface area contributed by atoms with Crippen molar-refractivity contribution in [3.63, 3.8) is 0 Å². The summed E-state index contributed by atoms with van der Waals surface area (Å²) in [4.78, 5) is 11.5. The fourth-order valence-electron chi connectivity index (χ4n) is 2.43. The van der Waals surface area contributed by atoms with Gasteiger partial charge in [0.2, 0.25) is 5.91 Å². The van der Waals surface area contributed by atoms with E-state index in [1.54, 1.807) is 0 Å². The molecule has 0 heterocycles. The molecule has 1 aromatic carbocycles. The Morgan fingerprint density at radius 1 is 1.11 bits per heavy atom. The zero-order valence-electron chi connectivity index (χ0n) is 11.6. The first-order valence-electron chi connectivity index (χ1n) is 7.09. The van der Waals surface area contributed by atoms with Gasteiger partial charge in [-0.2, -0.15) is 0 Å². The van der Waals surface area contributed by atoms with E-state index < -0.39 is 0 Å². The molecule has 2 N–H and O–H groups in total. The summed E-state index contributed by atoms with van der Waals surface area (Å²) in [5, 5.41) is 0. The lowest BCUT2D eigenvalue weighted by Gasteiger charge is -2.19. The molecule has 0 aliphatic carbocycles. The molecule has 1 amide bonds. The minimum absolute atomic E-state index is 0.302. The van der Waals surface area contributed by atoms with Crippen molar-refractivity contribution >= 4 is 5.91 Å². The Morgan fingerprint density at radius 3 is 2.17 bits per heavy atom. The minimum atomic E-state index is -0.302. The van der Waals surface area contributed by atoms with Gasteiger partial charge in [0.1, 0.15) is 0 Å². The lowest BCUT2D eigenvalue weighted by Crippen LogP contribution is -2.15. The van der Waals surface area contributed by atoms with Crippen LogP contribution in [-0.4, -0.2) is 5.91 Å². The molecule has 0 atom stereocenters. The van der Waals surface area contributed by atoms with Gasteiger partial charge in [-0.3, -0.25) is 4.79 Å². The lowest BCUT2D eigenvalue weighted by atomic mass is 9.86. The van der Waals surface area contributed by atoms with Crippen LogP contribution in [0.25, 0.3) is 0 Å². The van der Waals surface area contributed by atoms with E-state index in [-0.39, 0.29) is 5.91 Å². The third-order valence-electron chi connectivity index (χ3n) is 3.48. The van der Waals surface area contributed by atoms with Crippen molar-refractivity contribution < 1.29 is 4.79 Å². The Hall–Kier alpha value is -1.31. The molecule has 2 nitrogen and oxygen atoms in total. The van der Waals surface area contributed by atoms with E-state index in [1.807, 2.05) is 18.2 Å². The first-order valence-corrected chi connectivity index (χ1v) is 7.09. The maximum atomic E-state index is 11.5. The molecular formula is C16H25NO. The highest BCUT2D eigenvalue weighted by molar-refractivity contribution is 5.94. The smallest absolute Gasteiger partial charge is 0.248 e. The van der Waals surface area contributed by atoms with Crippen LogP contribution in [0.5, 0.6) is 0 Å². The molecule has 0 saturated carbocycles. The van der Waals surface area contributed by atoms with Gasteiger partial charge in [0.05, 0.1) is 0 Å². The molecule has 1 rings (SSSR count). The summed E-state index contributed by atoms with van der Waals surface area (Å²) in [5.41, 5.74) is 7.32. The van der Waals surface area contributed by atoms with Gasteiger partial charge in [-0.25, -0.2) is 0 Å². The van der Waals surface area contributed by atoms with Crippen LogP contribution in [0.15, 0.2) is 24.3 Å². The summed E-state index contributed by atoms with van der Waals surface area (Å²) in [7, 11) is 0. The number of carbonyl (C=O) groups excluding carboxylic acids is 1. The molecule has 0 radical (unpaired) electrons. The van der Waals surface area contributed by atoms with Crippen molar-refractivity contribution in [2.45, 2.75) is 58.3 Å². The highest BCUT2D eigenvalue weighted by atomic mass is 16.1. The molecule has 18 heavy (non-hydrogen) atoms. The minimum Gasteiger partial charge on any atom is -0.366 e. The molecule has 0 saturated heterocycles. The Balaban J connectivity index is 2.92. The number of rotatable bonds is 8. The third-order valence-corrected chi connectivity index (χ3v) is 3.48. The fraction of sp³-hybridized carbons (Fsp3) is 0.562. The number of benzene rings is 1. The van der Waals surface area contributed by atoms with Crippen LogP contribution in [0, 0.1) is 0 Å². The van der Waals surface area contributed by atoms with Crippen LogP contribution < -0.4 is 5.73 Å². The monoisotopic (exact) mass is 247 g/mol. The topological polar surface area (TPSA) is 43.1 Å². The summed E-state index contributed by atoms with van der Waals surface area (Å²) in [6, 6.07) is 7.81. The predicted molar refractivity (Wildman–Crippen MR) is 76.8 cm³/mol. The van der Waals surface area contributed by atoms with Gasteiger partial charge in [-0.15, -0.1) is 0 Å². The first-order chi connectivity index (χ1) is 8.70. The molecule has 0 fully saturated rings. The van der Waals surface area contributed by atoms with Gasteiger partial charge >= 0.3 is 0 Å². The second-order valence-corrected chi connectivity index (χ2v) is 4.93. The largest absolute Gasteiger partial charge is 0.366 e. The van der Waals surface area contributed by atoms with E-state index in [1.165, 1.54) is 25.7 Å². The molecule has 1 aromatic rings. The second-order valence-electron chi connectivity index (χ2n) is 4.93. The van der Waals surface area contributed by atoms with E-state index in [0.717, 1.165) is 18.4 Å². The molecule has 0 aliphatic rings. The van der Waals surface area contributed by atoms with Crippen molar-refractivity contribution in [3.05, 3.63) is 35.4 Å². The molecular weight excluding hydrogens is 222 g/mol. The van der Waals surface area contributed by atoms with Crippen molar-refractivity contribution in [1.82, 2.24) is 0 Å². The van der Waals surface area contributed by atoms with Gasteiger partial charge in [0.25, 0.3) is 0 Å². The summed E-state index contributed by atoms with van der Waals surface area (Å²) in [6.07, 6.45) is 7.12. The van der Waals surface area contributed by atoms with Crippen LogP contribution in [-0.2, 0) is 0 Å². The Bertz CT molecular complexity index is 365. The van der Waals surface area contributed by atoms with E-state index >= 15 is 0 Å². The molecule has 0 unspecified atom stereocenters. The summed E-state index contributed by atoms with van der Waals surface area (Å²) < 4.78 is 0. The lowest BCUT2D eigenvalue weighted by molar-refractivity contribution is 0.0999. The highest BCUT2D eigenvalue weighted by Crippen LogP contribution is 2.30. The Labute approximate surface area is 111 Å². The van der Waals surface area contributed by atoms with E-state index in [9.17, 15) is 4.79 Å². The van der Waals surface area contributed by atoms with E-state index in [0.29, 0.717) is 11.5 Å².